The number of anilines is 2. The minimum absolute atomic E-state index is 0.198. The molecule has 2 N–H and O–H groups in total. The Hall–Kier alpha value is -3.08. The number of benzene rings is 2. The Labute approximate surface area is 141 Å². The van der Waals surface area contributed by atoms with Gasteiger partial charge in [-0.2, -0.15) is 0 Å². The van der Waals surface area contributed by atoms with Gasteiger partial charge in [0, 0.05) is 12.5 Å². The number of amides is 2. The van der Waals surface area contributed by atoms with E-state index in [1.807, 2.05) is 6.92 Å². The highest BCUT2D eigenvalue weighted by molar-refractivity contribution is 6.07. The highest BCUT2D eigenvalue weighted by atomic mass is 16.5. The van der Waals surface area contributed by atoms with E-state index in [1.165, 1.54) is 6.92 Å². The van der Waals surface area contributed by atoms with Crippen LogP contribution in [0.2, 0.25) is 0 Å². The predicted octanol–water partition coefficient (Wildman–Crippen LogP) is 3.85. The zero-order valence-electron chi connectivity index (χ0n) is 13.8. The molecule has 0 aliphatic rings. The van der Waals surface area contributed by atoms with Crippen molar-refractivity contribution in [1.82, 2.24) is 0 Å². The van der Waals surface area contributed by atoms with Crippen molar-refractivity contribution in [3.63, 3.8) is 0 Å². The van der Waals surface area contributed by atoms with E-state index >= 15 is 0 Å². The van der Waals surface area contributed by atoms with E-state index in [9.17, 15) is 9.59 Å². The Bertz CT molecular complexity index is 751. The Kier molecular flexibility index (Phi) is 5.73. The zero-order valence-corrected chi connectivity index (χ0v) is 13.8. The molecule has 0 fully saturated rings. The molecule has 5 nitrogen and oxygen atoms in total. The standard InChI is InChI=1S/C19H20N2O3/c1-13(2)12-24-16-10-8-15(9-11-16)19(23)21-18-7-5-4-6-17(18)20-14(3)22/h4-11H,1,12H2,2-3H3,(H,20,22)(H,21,23). The first-order chi connectivity index (χ1) is 11.5. The summed E-state index contributed by atoms with van der Waals surface area (Å²) in [6, 6.07) is 13.9. The van der Waals surface area contributed by atoms with Crippen LogP contribution in [0.3, 0.4) is 0 Å². The third-order valence-electron chi connectivity index (χ3n) is 3.09. The van der Waals surface area contributed by atoms with Gasteiger partial charge < -0.3 is 15.4 Å². The number of carbonyl (C=O) groups excluding carboxylic acids is 2. The van der Waals surface area contributed by atoms with E-state index in [0.717, 1.165) is 5.57 Å². The van der Waals surface area contributed by atoms with Crippen LogP contribution >= 0.6 is 0 Å². The molecule has 124 valence electrons. The maximum absolute atomic E-state index is 12.4. The van der Waals surface area contributed by atoms with Crippen molar-refractivity contribution in [1.29, 1.82) is 0 Å². The number of nitrogens with one attached hydrogen (secondary N) is 2. The van der Waals surface area contributed by atoms with Gasteiger partial charge >= 0.3 is 0 Å². The maximum atomic E-state index is 12.4. The topological polar surface area (TPSA) is 67.4 Å². The number of rotatable bonds is 6. The van der Waals surface area contributed by atoms with Gasteiger partial charge in [0.25, 0.3) is 5.91 Å². The Morgan fingerprint density at radius 3 is 2.08 bits per heavy atom. The molecule has 0 radical (unpaired) electrons. The number of carbonyl (C=O) groups is 2. The monoisotopic (exact) mass is 324 g/mol. The molecule has 24 heavy (non-hydrogen) atoms. The molecule has 0 saturated heterocycles. The van der Waals surface area contributed by atoms with Crippen LogP contribution in [0.25, 0.3) is 0 Å². The van der Waals surface area contributed by atoms with Gasteiger partial charge in [-0.25, -0.2) is 0 Å². The van der Waals surface area contributed by atoms with Gasteiger partial charge in [0.05, 0.1) is 11.4 Å². The van der Waals surface area contributed by atoms with E-state index in [2.05, 4.69) is 17.2 Å². The molecule has 0 saturated carbocycles. The predicted molar refractivity (Wildman–Crippen MR) is 95.4 cm³/mol. The van der Waals surface area contributed by atoms with Crippen molar-refractivity contribution < 1.29 is 14.3 Å². The second-order valence-corrected chi connectivity index (χ2v) is 5.45. The van der Waals surface area contributed by atoms with Crippen molar-refractivity contribution in [2.75, 3.05) is 17.2 Å². The molecule has 5 heteroatoms. The fraction of sp³-hybridized carbons (Fsp3) is 0.158. The highest BCUT2D eigenvalue weighted by Crippen LogP contribution is 2.22. The molecule has 2 aromatic rings. The molecule has 0 heterocycles. The van der Waals surface area contributed by atoms with E-state index in [0.29, 0.717) is 29.3 Å². The molecule has 0 atom stereocenters. The normalized spacial score (nSPS) is 9.92. The molecule has 0 unspecified atom stereocenters. The lowest BCUT2D eigenvalue weighted by Crippen LogP contribution is -2.15. The average Bonchev–Trinajstić information content (AvgIpc) is 2.54. The van der Waals surface area contributed by atoms with E-state index in [4.69, 9.17) is 4.74 Å². The van der Waals surface area contributed by atoms with Crippen LogP contribution in [0.5, 0.6) is 5.75 Å². The molecule has 0 spiro atoms. The Morgan fingerprint density at radius 2 is 1.54 bits per heavy atom. The van der Waals surface area contributed by atoms with Crippen molar-refractivity contribution in [3.05, 3.63) is 66.2 Å². The molecule has 2 rings (SSSR count). The molecule has 0 aromatic heterocycles. The highest BCUT2D eigenvalue weighted by Gasteiger charge is 2.10. The summed E-state index contributed by atoms with van der Waals surface area (Å²) in [7, 11) is 0. The van der Waals surface area contributed by atoms with E-state index < -0.39 is 0 Å². The first kappa shape index (κ1) is 17.3. The molecule has 0 bridgehead atoms. The Balaban J connectivity index is 2.07. The van der Waals surface area contributed by atoms with Crippen LogP contribution in [-0.4, -0.2) is 18.4 Å². The molecular formula is C19H20N2O3. The summed E-state index contributed by atoms with van der Waals surface area (Å²) < 4.78 is 5.50. The summed E-state index contributed by atoms with van der Waals surface area (Å²) >= 11 is 0. The minimum Gasteiger partial charge on any atom is -0.489 e. The van der Waals surface area contributed by atoms with Crippen molar-refractivity contribution in [2.24, 2.45) is 0 Å². The van der Waals surface area contributed by atoms with Gasteiger partial charge in [0.2, 0.25) is 5.91 Å². The lowest BCUT2D eigenvalue weighted by atomic mass is 10.2. The molecule has 2 amide bonds. The molecule has 2 aromatic carbocycles. The van der Waals surface area contributed by atoms with E-state index in [-0.39, 0.29) is 11.8 Å². The van der Waals surface area contributed by atoms with Crippen LogP contribution < -0.4 is 15.4 Å². The fourth-order valence-electron chi connectivity index (χ4n) is 1.99. The largest absolute Gasteiger partial charge is 0.489 e. The number of hydrogen-bond donors (Lipinski definition) is 2. The quantitative estimate of drug-likeness (QED) is 0.793. The van der Waals surface area contributed by atoms with Crippen molar-refractivity contribution >= 4 is 23.2 Å². The SMILES string of the molecule is C=C(C)COc1ccc(C(=O)Nc2ccccc2NC(C)=O)cc1. The molecule has 0 aliphatic heterocycles. The van der Waals surface area contributed by atoms with Crippen LogP contribution in [0.1, 0.15) is 24.2 Å². The first-order valence-corrected chi connectivity index (χ1v) is 7.51. The summed E-state index contributed by atoms with van der Waals surface area (Å²) in [5, 5.41) is 5.48. The van der Waals surface area contributed by atoms with Crippen LogP contribution in [0.15, 0.2) is 60.7 Å². The summed E-state index contributed by atoms with van der Waals surface area (Å²) in [6.45, 7) is 7.51. The van der Waals surface area contributed by atoms with Gasteiger partial charge in [0.15, 0.2) is 0 Å². The van der Waals surface area contributed by atoms with Gasteiger partial charge in [0.1, 0.15) is 12.4 Å². The van der Waals surface area contributed by atoms with Gasteiger partial charge in [-0.1, -0.05) is 18.7 Å². The summed E-state index contributed by atoms with van der Waals surface area (Å²) in [5.74, 6) is 0.211. The van der Waals surface area contributed by atoms with Crippen molar-refractivity contribution in [2.45, 2.75) is 13.8 Å². The number of ether oxygens (including phenoxy) is 1. The summed E-state index contributed by atoms with van der Waals surface area (Å²) in [5.41, 5.74) is 2.52. The Morgan fingerprint density at radius 1 is 0.958 bits per heavy atom. The fourth-order valence-corrected chi connectivity index (χ4v) is 1.99. The van der Waals surface area contributed by atoms with Crippen LogP contribution in [0, 0.1) is 0 Å². The molecular weight excluding hydrogens is 304 g/mol. The second kappa shape index (κ2) is 7.97. The third-order valence-corrected chi connectivity index (χ3v) is 3.09. The van der Waals surface area contributed by atoms with Crippen molar-refractivity contribution in [3.8, 4) is 5.75 Å². The molecule has 0 aliphatic carbocycles. The van der Waals surface area contributed by atoms with Gasteiger partial charge in [-0.05, 0) is 48.9 Å². The third kappa shape index (κ3) is 4.98. The van der Waals surface area contributed by atoms with Gasteiger partial charge in [-0.15, -0.1) is 0 Å². The first-order valence-electron chi connectivity index (χ1n) is 7.51. The van der Waals surface area contributed by atoms with Gasteiger partial charge in [-0.3, -0.25) is 9.59 Å². The minimum atomic E-state index is -0.265. The summed E-state index contributed by atoms with van der Waals surface area (Å²) in [6.07, 6.45) is 0. The number of hydrogen-bond acceptors (Lipinski definition) is 3. The summed E-state index contributed by atoms with van der Waals surface area (Å²) in [4.78, 5) is 23.6. The smallest absolute Gasteiger partial charge is 0.255 e. The average molecular weight is 324 g/mol. The number of para-hydroxylation sites is 2. The van der Waals surface area contributed by atoms with E-state index in [1.54, 1.807) is 48.5 Å². The maximum Gasteiger partial charge on any atom is 0.255 e. The lowest BCUT2D eigenvalue weighted by Gasteiger charge is -2.11. The zero-order chi connectivity index (χ0) is 17.5. The second-order valence-electron chi connectivity index (χ2n) is 5.45. The van der Waals surface area contributed by atoms with Crippen LogP contribution in [0.4, 0.5) is 11.4 Å². The lowest BCUT2D eigenvalue weighted by molar-refractivity contribution is -0.114. The van der Waals surface area contributed by atoms with Crippen LogP contribution in [-0.2, 0) is 4.79 Å².